The first-order chi connectivity index (χ1) is 15.8. The molecule has 0 aliphatic carbocycles. The lowest BCUT2D eigenvalue weighted by atomic mass is 10.0. The number of hydrogen-bond acceptors (Lipinski definition) is 8. The summed E-state index contributed by atoms with van der Waals surface area (Å²) in [4.78, 5) is 41.9. The average molecular weight is 484 g/mol. The van der Waals surface area contributed by atoms with Crippen LogP contribution in [0.1, 0.15) is 0 Å². The Morgan fingerprint density at radius 1 is 0.727 bits per heavy atom. The molecule has 0 N–H and O–H groups in total. The third kappa shape index (κ3) is 5.05. The van der Waals surface area contributed by atoms with Gasteiger partial charge < -0.3 is 9.47 Å². The number of halogens is 2. The number of nitro groups is 1. The smallest absolute Gasteiger partial charge is 0.409 e. The molecule has 0 bridgehead atoms. The van der Waals surface area contributed by atoms with Crippen molar-refractivity contribution in [2.24, 2.45) is 0 Å². The highest BCUT2D eigenvalue weighted by atomic mass is 35.5. The van der Waals surface area contributed by atoms with E-state index in [9.17, 15) is 19.7 Å². The lowest BCUT2D eigenvalue weighted by Gasteiger charge is -2.11. The number of rotatable bonds is 5. The van der Waals surface area contributed by atoms with Gasteiger partial charge in [0.25, 0.3) is 5.69 Å². The third-order valence-corrected chi connectivity index (χ3v) is 4.66. The highest BCUT2D eigenvalue weighted by Crippen LogP contribution is 2.33. The fraction of sp³-hybridized carbons (Fsp3) is 0. The minimum Gasteiger partial charge on any atom is -0.415 e. The Morgan fingerprint density at radius 2 is 1.18 bits per heavy atom. The average Bonchev–Trinajstić information content (AvgIpc) is 2.78. The number of nitro benzene ring substituents is 1. The number of ether oxygens (including phenoxy) is 2. The van der Waals surface area contributed by atoms with Crippen LogP contribution < -0.4 is 9.47 Å². The summed E-state index contributed by atoms with van der Waals surface area (Å²) in [5.74, 6) is 0.480. The number of benzene rings is 3. The molecule has 4 rings (SSSR count). The van der Waals surface area contributed by atoms with Gasteiger partial charge in [-0.1, -0.05) is 0 Å². The zero-order chi connectivity index (χ0) is 23.5. The minimum atomic E-state index is -0.973. The van der Waals surface area contributed by atoms with Gasteiger partial charge in [0, 0.05) is 46.5 Å². The number of non-ortho nitro benzene ring substituents is 1. The summed E-state index contributed by atoms with van der Waals surface area (Å²) in [5.41, 5.74) is 0.866. The quantitative estimate of drug-likeness (QED) is 0.183. The molecule has 3 aromatic carbocycles. The molecule has 0 aliphatic heterocycles. The van der Waals surface area contributed by atoms with Crippen LogP contribution >= 0.6 is 23.2 Å². The van der Waals surface area contributed by atoms with Gasteiger partial charge in [-0.15, -0.1) is 0 Å². The Hall–Kier alpha value is -4.08. The van der Waals surface area contributed by atoms with E-state index < -0.39 is 15.8 Å². The maximum Gasteiger partial charge on any atom is 0.409 e. The first-order valence-corrected chi connectivity index (χ1v) is 9.97. The van der Waals surface area contributed by atoms with E-state index >= 15 is 0 Å². The maximum atomic E-state index is 11.2. The summed E-state index contributed by atoms with van der Waals surface area (Å²) in [6.07, 6.45) is 0. The second-order valence-electron chi connectivity index (χ2n) is 6.58. The highest BCUT2D eigenvalue weighted by molar-refractivity contribution is 6.61. The molecule has 4 aromatic rings. The fourth-order valence-corrected chi connectivity index (χ4v) is 3.28. The molecular formula is C22H11Cl2N3O6. The number of carbonyl (C=O) groups is 2. The number of carbonyl (C=O) groups excluding carboxylic acids is 2. The predicted molar refractivity (Wildman–Crippen MR) is 121 cm³/mol. The summed E-state index contributed by atoms with van der Waals surface area (Å²) in [6, 6.07) is 17.0. The molecule has 0 saturated carbocycles. The van der Waals surface area contributed by atoms with Crippen molar-refractivity contribution >= 4 is 50.8 Å². The summed E-state index contributed by atoms with van der Waals surface area (Å²) in [7, 11) is 0. The van der Waals surface area contributed by atoms with Crippen molar-refractivity contribution in [3.63, 3.8) is 0 Å². The van der Waals surface area contributed by atoms with Crippen molar-refractivity contribution < 1.29 is 24.0 Å². The molecule has 0 unspecified atom stereocenters. The van der Waals surface area contributed by atoms with Crippen LogP contribution in [0, 0.1) is 10.1 Å². The number of hydrogen-bond donors (Lipinski definition) is 0. The van der Waals surface area contributed by atoms with Gasteiger partial charge in [-0.3, -0.25) is 10.1 Å². The van der Waals surface area contributed by atoms with Crippen molar-refractivity contribution in [3.05, 3.63) is 76.8 Å². The van der Waals surface area contributed by atoms with Crippen molar-refractivity contribution in [2.75, 3.05) is 0 Å². The third-order valence-electron chi connectivity index (χ3n) is 4.51. The molecule has 0 atom stereocenters. The normalized spacial score (nSPS) is 10.6. The van der Waals surface area contributed by atoms with Crippen molar-refractivity contribution in [1.29, 1.82) is 0 Å². The monoisotopic (exact) mass is 483 g/mol. The van der Waals surface area contributed by atoms with Gasteiger partial charge in [-0.05, 0) is 54.6 Å². The minimum absolute atomic E-state index is 0.118. The molecule has 9 nitrogen and oxygen atoms in total. The van der Waals surface area contributed by atoms with E-state index in [-0.39, 0.29) is 17.2 Å². The van der Waals surface area contributed by atoms with E-state index in [4.69, 9.17) is 32.7 Å². The predicted octanol–water partition coefficient (Wildman–Crippen LogP) is 6.35. The van der Waals surface area contributed by atoms with E-state index in [0.717, 1.165) is 0 Å². The van der Waals surface area contributed by atoms with Crippen LogP contribution in [0.5, 0.6) is 11.5 Å². The van der Waals surface area contributed by atoms with Gasteiger partial charge >= 0.3 is 10.9 Å². The Labute approximate surface area is 195 Å². The second kappa shape index (κ2) is 9.19. The zero-order valence-corrected chi connectivity index (χ0v) is 17.9. The first-order valence-electron chi connectivity index (χ1n) is 9.22. The first kappa shape index (κ1) is 22.1. The summed E-state index contributed by atoms with van der Waals surface area (Å²) in [5, 5.41) is 11.2. The van der Waals surface area contributed by atoms with Crippen LogP contribution in [0.3, 0.4) is 0 Å². The molecule has 0 saturated heterocycles. The number of nitrogens with zero attached hydrogens (tertiary/aromatic N) is 3. The van der Waals surface area contributed by atoms with Gasteiger partial charge in [0.2, 0.25) is 0 Å². The molecule has 11 heteroatoms. The van der Waals surface area contributed by atoms with E-state index in [0.29, 0.717) is 33.5 Å². The fourth-order valence-electron chi connectivity index (χ4n) is 3.11. The SMILES string of the molecule is O=C(Cl)Oc1ccc(-c2nc3ccc([N+](=O)[O-])cc3nc2-c2ccc(OC(=O)Cl)cc2)cc1. The van der Waals surface area contributed by atoms with Crippen molar-refractivity contribution in [3.8, 4) is 34.0 Å². The van der Waals surface area contributed by atoms with E-state index in [2.05, 4.69) is 9.97 Å². The zero-order valence-electron chi connectivity index (χ0n) is 16.4. The maximum absolute atomic E-state index is 11.2. The number of fused-ring (bicyclic) bond motifs is 1. The van der Waals surface area contributed by atoms with Crippen LogP contribution in [0.15, 0.2) is 66.7 Å². The molecule has 0 spiro atoms. The molecule has 0 radical (unpaired) electrons. The van der Waals surface area contributed by atoms with E-state index in [1.54, 1.807) is 36.4 Å². The van der Waals surface area contributed by atoms with E-state index in [1.165, 1.54) is 30.3 Å². The van der Waals surface area contributed by atoms with Gasteiger partial charge in [0.15, 0.2) is 0 Å². The molecule has 0 fully saturated rings. The van der Waals surface area contributed by atoms with Crippen molar-refractivity contribution in [2.45, 2.75) is 0 Å². The standard InChI is InChI=1S/C22H11Cl2N3O6/c23-21(28)32-15-6-1-12(2-7-15)19-20(13-3-8-16(9-4-13)33-22(24)29)26-18-11-14(27(30)31)5-10-17(18)25-19/h1-11H. The molecule has 1 aromatic heterocycles. The topological polar surface area (TPSA) is 122 Å². The summed E-state index contributed by atoms with van der Waals surface area (Å²) >= 11 is 10.5. The second-order valence-corrected chi connectivity index (χ2v) is 7.20. The molecule has 0 aliphatic rings. The van der Waals surface area contributed by atoms with Crippen LogP contribution in [0.4, 0.5) is 15.3 Å². The Bertz CT molecular complexity index is 1390. The molecular weight excluding hydrogens is 473 g/mol. The lowest BCUT2D eigenvalue weighted by Crippen LogP contribution is -1.99. The Morgan fingerprint density at radius 3 is 1.61 bits per heavy atom. The highest BCUT2D eigenvalue weighted by Gasteiger charge is 2.16. The summed E-state index contributed by atoms with van der Waals surface area (Å²) < 4.78 is 9.69. The molecule has 1 heterocycles. The molecule has 0 amide bonds. The van der Waals surface area contributed by atoms with Crippen LogP contribution in [0.25, 0.3) is 33.5 Å². The van der Waals surface area contributed by atoms with Crippen LogP contribution in [-0.4, -0.2) is 25.7 Å². The summed E-state index contributed by atoms with van der Waals surface area (Å²) in [6.45, 7) is 0. The largest absolute Gasteiger partial charge is 0.415 e. The Kier molecular flexibility index (Phi) is 6.16. The van der Waals surface area contributed by atoms with Gasteiger partial charge in [-0.25, -0.2) is 19.6 Å². The van der Waals surface area contributed by atoms with Crippen LogP contribution in [-0.2, 0) is 0 Å². The molecule has 33 heavy (non-hydrogen) atoms. The Balaban J connectivity index is 1.86. The van der Waals surface area contributed by atoms with E-state index in [1.807, 2.05) is 0 Å². The van der Waals surface area contributed by atoms with Crippen molar-refractivity contribution in [1.82, 2.24) is 9.97 Å². The van der Waals surface area contributed by atoms with Gasteiger partial charge in [-0.2, -0.15) is 0 Å². The van der Waals surface area contributed by atoms with Gasteiger partial charge in [0.1, 0.15) is 11.5 Å². The molecule has 164 valence electrons. The number of aromatic nitrogens is 2. The van der Waals surface area contributed by atoms with Gasteiger partial charge in [0.05, 0.1) is 27.3 Å². The lowest BCUT2D eigenvalue weighted by molar-refractivity contribution is -0.384. The van der Waals surface area contributed by atoms with Crippen LogP contribution in [0.2, 0.25) is 0 Å².